The van der Waals surface area contributed by atoms with Gasteiger partial charge in [0.15, 0.2) is 5.82 Å². The molecule has 0 spiro atoms. The average molecular weight is 470 g/mol. The van der Waals surface area contributed by atoms with E-state index < -0.39 is 0 Å². The number of H-pyrrole nitrogens is 1. The molecule has 3 N–H and O–H groups in total. The summed E-state index contributed by atoms with van der Waals surface area (Å²) in [5, 5.41) is 15.5. The normalized spacial score (nSPS) is 24.0. The van der Waals surface area contributed by atoms with Gasteiger partial charge < -0.3 is 20.1 Å². The SMILES string of the molecule is Cc1cc(Nc2nc(NC3CCC(N4CCOCC4)CC3)c3c4c(sc3n2)COCC4)n[nH]1. The molecule has 2 fully saturated rings. The van der Waals surface area contributed by atoms with E-state index in [9.17, 15) is 0 Å². The Hall–Kier alpha value is -2.27. The second kappa shape index (κ2) is 9.17. The van der Waals surface area contributed by atoms with Crippen LogP contribution in [0.2, 0.25) is 0 Å². The Balaban J connectivity index is 1.25. The summed E-state index contributed by atoms with van der Waals surface area (Å²) in [4.78, 5) is 14.7. The number of hydrogen-bond acceptors (Lipinski definition) is 9. The van der Waals surface area contributed by atoms with E-state index in [0.29, 0.717) is 24.6 Å². The maximum atomic E-state index is 5.71. The topological polar surface area (TPSA) is 100 Å². The predicted octanol–water partition coefficient (Wildman–Crippen LogP) is 3.59. The number of aromatic amines is 1. The third-order valence-electron chi connectivity index (χ3n) is 7.01. The fourth-order valence-electron chi connectivity index (χ4n) is 5.30. The molecule has 0 amide bonds. The van der Waals surface area contributed by atoms with Gasteiger partial charge in [-0.3, -0.25) is 10.00 Å². The van der Waals surface area contributed by atoms with Crippen LogP contribution >= 0.6 is 11.3 Å². The molecule has 1 saturated heterocycles. The summed E-state index contributed by atoms with van der Waals surface area (Å²) in [5.41, 5.74) is 2.35. The van der Waals surface area contributed by atoms with Gasteiger partial charge in [0.2, 0.25) is 5.95 Å². The van der Waals surface area contributed by atoms with Crippen LogP contribution in [0.3, 0.4) is 0 Å². The van der Waals surface area contributed by atoms with Gasteiger partial charge in [-0.15, -0.1) is 11.3 Å². The van der Waals surface area contributed by atoms with Crippen molar-refractivity contribution < 1.29 is 9.47 Å². The van der Waals surface area contributed by atoms with Crippen molar-refractivity contribution in [1.82, 2.24) is 25.1 Å². The Morgan fingerprint density at radius 3 is 2.73 bits per heavy atom. The largest absolute Gasteiger partial charge is 0.379 e. The number of nitrogens with zero attached hydrogens (tertiary/aromatic N) is 4. The third kappa shape index (κ3) is 4.44. The molecular formula is C23H31N7O2S. The molecule has 0 aromatic carbocycles. The molecule has 6 rings (SSSR count). The first-order valence-corrected chi connectivity index (χ1v) is 12.8. The molecule has 0 atom stereocenters. The lowest BCUT2D eigenvalue weighted by molar-refractivity contribution is 0.00791. The highest BCUT2D eigenvalue weighted by Gasteiger charge is 2.28. The smallest absolute Gasteiger partial charge is 0.231 e. The molecule has 10 heteroatoms. The number of hydrogen-bond donors (Lipinski definition) is 3. The number of anilines is 3. The van der Waals surface area contributed by atoms with Crippen LogP contribution < -0.4 is 10.6 Å². The van der Waals surface area contributed by atoms with E-state index >= 15 is 0 Å². The Labute approximate surface area is 197 Å². The van der Waals surface area contributed by atoms with E-state index in [1.54, 1.807) is 11.3 Å². The van der Waals surface area contributed by atoms with E-state index in [1.165, 1.54) is 28.7 Å². The molecule has 0 bridgehead atoms. The lowest BCUT2D eigenvalue weighted by atomic mass is 9.90. The summed E-state index contributed by atoms with van der Waals surface area (Å²) in [5.74, 6) is 2.26. The monoisotopic (exact) mass is 469 g/mol. The summed E-state index contributed by atoms with van der Waals surface area (Å²) < 4.78 is 11.2. The molecule has 176 valence electrons. The van der Waals surface area contributed by atoms with Crippen LogP contribution in [0.4, 0.5) is 17.6 Å². The average Bonchev–Trinajstić information content (AvgIpc) is 3.43. The second-order valence-electron chi connectivity index (χ2n) is 9.24. The third-order valence-corrected chi connectivity index (χ3v) is 8.11. The molecule has 1 aliphatic carbocycles. The van der Waals surface area contributed by atoms with E-state index in [0.717, 1.165) is 74.3 Å². The first-order chi connectivity index (χ1) is 16.2. The minimum Gasteiger partial charge on any atom is -0.379 e. The maximum absolute atomic E-state index is 5.71. The number of ether oxygens (including phenoxy) is 2. The molecule has 1 saturated carbocycles. The van der Waals surface area contributed by atoms with Gasteiger partial charge in [0.1, 0.15) is 10.6 Å². The first-order valence-electron chi connectivity index (χ1n) is 12.0. The quantitative estimate of drug-likeness (QED) is 0.521. The Morgan fingerprint density at radius 1 is 1.09 bits per heavy atom. The van der Waals surface area contributed by atoms with Crippen molar-refractivity contribution in [2.75, 3.05) is 43.5 Å². The first kappa shape index (κ1) is 21.3. The van der Waals surface area contributed by atoms with Crippen molar-refractivity contribution in [3.8, 4) is 0 Å². The van der Waals surface area contributed by atoms with Gasteiger partial charge in [0.25, 0.3) is 0 Å². The van der Waals surface area contributed by atoms with Crippen LogP contribution in [0.5, 0.6) is 0 Å². The fraction of sp³-hybridized carbons (Fsp3) is 0.609. The molecule has 3 aromatic rings. The van der Waals surface area contributed by atoms with Crippen molar-refractivity contribution in [3.63, 3.8) is 0 Å². The number of aromatic nitrogens is 4. The van der Waals surface area contributed by atoms with Crippen molar-refractivity contribution in [3.05, 3.63) is 22.2 Å². The molecule has 3 aliphatic rings. The van der Waals surface area contributed by atoms with Gasteiger partial charge in [-0.25, -0.2) is 4.98 Å². The van der Waals surface area contributed by atoms with Crippen LogP contribution in [0.25, 0.3) is 10.2 Å². The predicted molar refractivity (Wildman–Crippen MR) is 129 cm³/mol. The highest BCUT2D eigenvalue weighted by atomic mass is 32.1. The Kier molecular flexibility index (Phi) is 5.91. The molecule has 5 heterocycles. The van der Waals surface area contributed by atoms with Gasteiger partial charge >= 0.3 is 0 Å². The minimum atomic E-state index is 0.427. The lowest BCUT2D eigenvalue weighted by Gasteiger charge is -2.39. The molecule has 3 aromatic heterocycles. The van der Waals surface area contributed by atoms with Gasteiger partial charge in [-0.2, -0.15) is 10.1 Å². The zero-order valence-corrected chi connectivity index (χ0v) is 19.8. The van der Waals surface area contributed by atoms with Gasteiger partial charge in [-0.1, -0.05) is 0 Å². The van der Waals surface area contributed by atoms with Crippen LogP contribution in [0.15, 0.2) is 6.07 Å². The molecular weight excluding hydrogens is 438 g/mol. The van der Waals surface area contributed by atoms with Crippen molar-refractivity contribution in [1.29, 1.82) is 0 Å². The second-order valence-corrected chi connectivity index (χ2v) is 10.3. The molecule has 33 heavy (non-hydrogen) atoms. The fourth-order valence-corrected chi connectivity index (χ4v) is 6.46. The standard InChI is InChI=1S/C23H31N7O2S/c1-14-12-19(29-28-14)25-23-26-21(20-17-6-9-32-13-18(17)33-22(20)27-23)24-15-2-4-16(5-3-15)30-7-10-31-11-8-30/h12,15-16H,2-11,13H2,1H3,(H3,24,25,26,27,28,29). The number of thiophene rings is 1. The van der Waals surface area contributed by atoms with E-state index in [2.05, 4.69) is 25.7 Å². The Bertz CT molecular complexity index is 1120. The highest BCUT2D eigenvalue weighted by molar-refractivity contribution is 7.19. The minimum absolute atomic E-state index is 0.427. The van der Waals surface area contributed by atoms with Crippen molar-refractivity contribution in [2.45, 2.75) is 57.7 Å². The summed E-state index contributed by atoms with van der Waals surface area (Å²) in [6, 6.07) is 3.07. The summed E-state index contributed by atoms with van der Waals surface area (Å²) >= 11 is 1.72. The van der Waals surface area contributed by atoms with E-state index in [1.807, 2.05) is 13.0 Å². The number of aryl methyl sites for hydroxylation is 1. The van der Waals surface area contributed by atoms with E-state index in [4.69, 9.17) is 19.4 Å². The van der Waals surface area contributed by atoms with Crippen LogP contribution in [0.1, 0.15) is 41.8 Å². The zero-order chi connectivity index (χ0) is 22.2. The van der Waals surface area contributed by atoms with E-state index in [-0.39, 0.29) is 0 Å². The zero-order valence-electron chi connectivity index (χ0n) is 19.0. The number of nitrogens with one attached hydrogen (secondary N) is 3. The van der Waals surface area contributed by atoms with Crippen molar-refractivity contribution in [2.24, 2.45) is 0 Å². The van der Waals surface area contributed by atoms with Gasteiger partial charge in [0, 0.05) is 41.8 Å². The molecule has 0 unspecified atom stereocenters. The van der Waals surface area contributed by atoms with Crippen LogP contribution in [0, 0.1) is 6.92 Å². The van der Waals surface area contributed by atoms with Crippen LogP contribution in [-0.2, 0) is 22.5 Å². The van der Waals surface area contributed by atoms with Crippen LogP contribution in [-0.4, -0.2) is 70.1 Å². The number of fused-ring (bicyclic) bond motifs is 3. The molecule has 0 radical (unpaired) electrons. The van der Waals surface area contributed by atoms with Gasteiger partial charge in [0.05, 0.1) is 31.8 Å². The molecule has 2 aliphatic heterocycles. The van der Waals surface area contributed by atoms with Crippen molar-refractivity contribution >= 4 is 39.1 Å². The summed E-state index contributed by atoms with van der Waals surface area (Å²) in [6.07, 6.45) is 5.68. The summed E-state index contributed by atoms with van der Waals surface area (Å²) in [6.45, 7) is 7.29. The maximum Gasteiger partial charge on any atom is 0.231 e. The van der Waals surface area contributed by atoms with Gasteiger partial charge in [-0.05, 0) is 44.6 Å². The number of morpholine rings is 1. The number of rotatable bonds is 5. The highest BCUT2D eigenvalue weighted by Crippen LogP contribution is 2.39. The molecule has 9 nitrogen and oxygen atoms in total. The summed E-state index contributed by atoms with van der Waals surface area (Å²) in [7, 11) is 0. The Morgan fingerprint density at radius 2 is 1.94 bits per heavy atom. The lowest BCUT2D eigenvalue weighted by Crippen LogP contribution is -2.46.